The van der Waals surface area contributed by atoms with Gasteiger partial charge in [0.25, 0.3) is 6.71 Å². The molecule has 0 spiro atoms. The molecule has 0 saturated carbocycles. The molecule has 0 bridgehead atoms. The van der Waals surface area contributed by atoms with Gasteiger partial charge >= 0.3 is 0 Å². The molecule has 2 unspecified atom stereocenters. The van der Waals surface area contributed by atoms with Gasteiger partial charge in [-0.1, -0.05) is 148 Å². The number of aromatic amines is 1. The Morgan fingerprint density at radius 1 is 0.500 bits per heavy atom. The first-order valence-electron chi connectivity index (χ1n) is 25.7. The first-order chi connectivity index (χ1) is 33.3. The third-order valence-electron chi connectivity index (χ3n) is 17.1. The fourth-order valence-electron chi connectivity index (χ4n) is 12.9. The summed E-state index contributed by atoms with van der Waals surface area (Å²) in [6.07, 6.45) is 4.15. The summed E-state index contributed by atoms with van der Waals surface area (Å²) >= 11 is 0. The van der Waals surface area contributed by atoms with E-state index in [1.165, 1.54) is 106 Å². The van der Waals surface area contributed by atoms with Crippen LogP contribution in [-0.4, -0.2) is 11.7 Å². The molecule has 0 saturated heterocycles. The maximum Gasteiger partial charge on any atom is 0.252 e. The molecule has 1 aromatic heterocycles. The van der Waals surface area contributed by atoms with E-state index in [1.54, 1.807) is 0 Å². The van der Waals surface area contributed by atoms with Crippen LogP contribution in [0.4, 0.5) is 45.5 Å². The lowest BCUT2D eigenvalue weighted by Gasteiger charge is -2.51. The lowest BCUT2D eigenvalue weighted by molar-refractivity contribution is 0.245. The Labute approximate surface area is 417 Å². The number of H-pyrrole nitrogens is 1. The highest BCUT2D eigenvalue weighted by Crippen LogP contribution is 2.64. The predicted octanol–water partition coefficient (Wildman–Crippen LogP) is 15.2. The van der Waals surface area contributed by atoms with Crippen molar-refractivity contribution in [2.24, 2.45) is 0 Å². The van der Waals surface area contributed by atoms with E-state index in [9.17, 15) is 0 Å². The lowest BCUT2D eigenvalue weighted by atomic mass is 9.33. The van der Waals surface area contributed by atoms with E-state index in [0.717, 1.165) is 18.5 Å². The van der Waals surface area contributed by atoms with Gasteiger partial charge in [-0.05, 0) is 177 Å². The SMILES string of the molecule is Cc1cc(C(C)(C)C)ccc1N1c2ccccc2B2c3ccc(N4c5ccc(-c6ccc[nH]6)cc5C5(C)CCc6ccccc6C45C)cc3N(c3ccc(C(C)(C)C)cc3)c3cc(C(C)(C)C)cc1c32. The molecule has 4 nitrogen and oxygen atoms in total. The molecular formula is C65H67BN4. The number of nitrogens with one attached hydrogen (secondary N) is 1. The molecule has 8 aromatic rings. The second kappa shape index (κ2) is 15.1. The van der Waals surface area contributed by atoms with Gasteiger partial charge < -0.3 is 19.7 Å². The number of aromatic nitrogens is 1. The van der Waals surface area contributed by atoms with Crippen LogP contribution in [0.25, 0.3) is 11.3 Å². The van der Waals surface area contributed by atoms with Crippen molar-refractivity contribution in [1.29, 1.82) is 0 Å². The van der Waals surface area contributed by atoms with Gasteiger partial charge in [-0.25, -0.2) is 0 Å². The van der Waals surface area contributed by atoms with E-state index in [0.29, 0.717) is 0 Å². The van der Waals surface area contributed by atoms with Crippen molar-refractivity contribution < 1.29 is 0 Å². The van der Waals surface area contributed by atoms with E-state index >= 15 is 0 Å². The molecule has 70 heavy (non-hydrogen) atoms. The lowest BCUT2D eigenvalue weighted by Crippen LogP contribution is -2.61. The van der Waals surface area contributed by atoms with Crippen LogP contribution in [0, 0.1) is 6.92 Å². The fourth-order valence-corrected chi connectivity index (χ4v) is 12.9. The zero-order valence-corrected chi connectivity index (χ0v) is 43.3. The Bertz CT molecular complexity index is 3400. The number of fused-ring (bicyclic) bond motifs is 9. The molecule has 0 radical (unpaired) electrons. The molecule has 7 aromatic carbocycles. The maximum atomic E-state index is 3.51. The average molecular weight is 915 g/mol. The minimum atomic E-state index is -0.358. The molecule has 1 N–H and O–H groups in total. The Morgan fingerprint density at radius 2 is 1.14 bits per heavy atom. The van der Waals surface area contributed by atoms with Crippen LogP contribution in [0.1, 0.15) is 122 Å². The summed E-state index contributed by atoms with van der Waals surface area (Å²) < 4.78 is 0. The molecular weight excluding hydrogens is 848 g/mol. The van der Waals surface area contributed by atoms with Crippen molar-refractivity contribution in [3.63, 3.8) is 0 Å². The second-order valence-corrected chi connectivity index (χ2v) is 24.3. The minimum absolute atomic E-state index is 0.0141. The molecule has 0 fully saturated rings. The quantitative estimate of drug-likeness (QED) is 0.178. The fraction of sp³-hybridized carbons (Fsp3) is 0.292. The van der Waals surface area contributed by atoms with Crippen molar-refractivity contribution in [3.8, 4) is 11.3 Å². The molecule has 4 heterocycles. The monoisotopic (exact) mass is 915 g/mol. The molecule has 12 rings (SSSR count). The van der Waals surface area contributed by atoms with Gasteiger partial charge in [-0.15, -0.1) is 0 Å². The first-order valence-corrected chi connectivity index (χ1v) is 25.7. The molecule has 3 aliphatic heterocycles. The van der Waals surface area contributed by atoms with Crippen LogP contribution < -0.4 is 31.1 Å². The van der Waals surface area contributed by atoms with Crippen LogP contribution in [0.2, 0.25) is 0 Å². The number of anilines is 8. The molecule has 4 aliphatic rings. The Kier molecular flexibility index (Phi) is 9.63. The van der Waals surface area contributed by atoms with Crippen molar-refractivity contribution >= 4 is 68.6 Å². The van der Waals surface area contributed by atoms with Crippen molar-refractivity contribution in [3.05, 3.63) is 197 Å². The van der Waals surface area contributed by atoms with Gasteiger partial charge in [0.05, 0.1) is 5.54 Å². The van der Waals surface area contributed by atoms with Crippen LogP contribution in [-0.2, 0) is 33.6 Å². The largest absolute Gasteiger partial charge is 0.361 e. The molecule has 350 valence electrons. The van der Waals surface area contributed by atoms with E-state index < -0.39 is 0 Å². The van der Waals surface area contributed by atoms with E-state index in [4.69, 9.17) is 0 Å². The van der Waals surface area contributed by atoms with Crippen molar-refractivity contribution in [2.45, 2.75) is 123 Å². The summed E-state index contributed by atoms with van der Waals surface area (Å²) in [6.45, 7) is 28.4. The third kappa shape index (κ3) is 6.42. The number of hydrogen-bond donors (Lipinski definition) is 1. The Hall–Kier alpha value is -6.72. The van der Waals surface area contributed by atoms with Crippen molar-refractivity contribution in [1.82, 2.24) is 4.98 Å². The van der Waals surface area contributed by atoms with Crippen LogP contribution >= 0.6 is 0 Å². The molecule has 5 heteroatoms. The van der Waals surface area contributed by atoms with E-state index in [-0.39, 0.29) is 33.9 Å². The van der Waals surface area contributed by atoms with Gasteiger partial charge in [0.15, 0.2) is 0 Å². The topological polar surface area (TPSA) is 25.5 Å². The van der Waals surface area contributed by atoms with Crippen LogP contribution in [0.15, 0.2) is 158 Å². The average Bonchev–Trinajstić information content (AvgIpc) is 3.94. The predicted molar refractivity (Wildman–Crippen MR) is 299 cm³/mol. The highest BCUT2D eigenvalue weighted by Gasteiger charge is 2.60. The first kappa shape index (κ1) is 44.5. The van der Waals surface area contributed by atoms with Crippen molar-refractivity contribution in [2.75, 3.05) is 14.7 Å². The summed E-state index contributed by atoms with van der Waals surface area (Å²) in [5.41, 5.74) is 25.3. The van der Waals surface area contributed by atoms with E-state index in [2.05, 4.69) is 254 Å². The highest BCUT2D eigenvalue weighted by atomic mass is 15.3. The summed E-state index contributed by atoms with van der Waals surface area (Å²) in [7, 11) is 0. The van der Waals surface area contributed by atoms with Crippen LogP contribution in [0.3, 0.4) is 0 Å². The van der Waals surface area contributed by atoms with Gasteiger partial charge in [-0.3, -0.25) is 0 Å². The molecule has 0 amide bonds. The van der Waals surface area contributed by atoms with Gasteiger partial charge in [-0.2, -0.15) is 0 Å². The molecule has 2 atom stereocenters. The number of hydrogen-bond acceptors (Lipinski definition) is 3. The van der Waals surface area contributed by atoms with Gasteiger partial charge in [0.1, 0.15) is 0 Å². The molecule has 1 aliphatic carbocycles. The minimum Gasteiger partial charge on any atom is -0.361 e. The third-order valence-corrected chi connectivity index (χ3v) is 17.1. The highest BCUT2D eigenvalue weighted by molar-refractivity contribution is 7.00. The van der Waals surface area contributed by atoms with Gasteiger partial charge in [0.2, 0.25) is 0 Å². The number of para-hydroxylation sites is 1. The number of rotatable bonds is 4. The zero-order valence-electron chi connectivity index (χ0n) is 43.3. The Morgan fingerprint density at radius 3 is 1.84 bits per heavy atom. The number of benzene rings is 7. The van der Waals surface area contributed by atoms with E-state index in [1.807, 2.05) is 6.20 Å². The van der Waals surface area contributed by atoms with Crippen LogP contribution in [0.5, 0.6) is 0 Å². The summed E-state index contributed by atoms with van der Waals surface area (Å²) in [5, 5.41) is 0. The number of aryl methyl sites for hydroxylation is 2. The number of nitrogens with zero attached hydrogens (tertiary/aromatic N) is 3. The smallest absolute Gasteiger partial charge is 0.252 e. The van der Waals surface area contributed by atoms with Gasteiger partial charge in [0, 0.05) is 62.8 Å². The maximum absolute atomic E-state index is 3.51. The second-order valence-electron chi connectivity index (χ2n) is 24.3. The normalized spacial score (nSPS) is 19.0. The summed E-state index contributed by atoms with van der Waals surface area (Å²) in [6, 6.07) is 59.2. The standard InChI is InChI=1S/C65H67BN4/c1-41-36-45(62(5,6)7)26-32-54(41)69-56-22-16-15-20-51(56)66-52-30-29-48(40-57(52)68(47-27-24-44(25-28-47)61(2,3)4)58-38-46(63(8,9)10)39-59(69)60(58)66)70-55-31-23-43(53-21-17-35-67-53)37-50(55)64(11)34-33-42-18-13-14-19-49(42)65(64,70)12/h13-32,35-40,67H,33-34H2,1-12H3. The summed E-state index contributed by atoms with van der Waals surface area (Å²) in [4.78, 5) is 11.5. The zero-order chi connectivity index (χ0) is 48.9. The summed E-state index contributed by atoms with van der Waals surface area (Å²) in [5.74, 6) is 0. The Balaban J connectivity index is 1.14.